The van der Waals surface area contributed by atoms with Gasteiger partial charge in [-0.25, -0.2) is 8.78 Å². The lowest BCUT2D eigenvalue weighted by Crippen LogP contribution is -2.45. The van der Waals surface area contributed by atoms with E-state index in [0.29, 0.717) is 0 Å². The van der Waals surface area contributed by atoms with Crippen LogP contribution in [0.25, 0.3) is 0 Å². The first-order valence-electron chi connectivity index (χ1n) is 5.86. The van der Waals surface area contributed by atoms with Crippen molar-refractivity contribution in [2.24, 2.45) is 0 Å². The number of hydrogen-bond donors (Lipinski definition) is 1. The molecule has 0 spiro atoms. The molecule has 1 atom stereocenters. The number of nitrogens with zero attached hydrogens (tertiary/aromatic N) is 1. The molecule has 0 unspecified atom stereocenters. The molecule has 7 heteroatoms. The van der Waals surface area contributed by atoms with E-state index >= 15 is 0 Å². The number of hydrogen-bond acceptors (Lipinski definition) is 2. The van der Waals surface area contributed by atoms with Gasteiger partial charge in [0.25, 0.3) is 0 Å². The van der Waals surface area contributed by atoms with Crippen molar-refractivity contribution in [2.75, 3.05) is 26.2 Å². The van der Waals surface area contributed by atoms with Gasteiger partial charge in [-0.1, -0.05) is 6.08 Å². The molecule has 1 aromatic rings. The second-order valence-electron chi connectivity index (χ2n) is 4.22. The summed E-state index contributed by atoms with van der Waals surface area (Å²) in [4.78, 5) is 2.03. The van der Waals surface area contributed by atoms with Crippen molar-refractivity contribution < 1.29 is 8.78 Å². The molecule has 1 aliphatic heterocycles. The molecular formula is C13H17BrCl2F2N2. The molecular weight excluding hydrogens is 373 g/mol. The minimum absolute atomic E-state index is 0. The van der Waals surface area contributed by atoms with Gasteiger partial charge in [-0.15, -0.1) is 31.4 Å². The van der Waals surface area contributed by atoms with Crippen LogP contribution in [0, 0.1) is 11.6 Å². The second kappa shape index (κ2) is 8.95. The number of halogens is 5. The summed E-state index contributed by atoms with van der Waals surface area (Å²) < 4.78 is 28.2. The first-order valence-corrected chi connectivity index (χ1v) is 6.65. The van der Waals surface area contributed by atoms with Crippen molar-refractivity contribution >= 4 is 40.7 Å². The van der Waals surface area contributed by atoms with E-state index in [1.54, 1.807) is 6.08 Å². The fourth-order valence-electron chi connectivity index (χ4n) is 2.22. The van der Waals surface area contributed by atoms with E-state index in [4.69, 9.17) is 0 Å². The molecule has 1 fully saturated rings. The van der Waals surface area contributed by atoms with E-state index in [0.717, 1.165) is 26.2 Å². The predicted molar refractivity (Wildman–Crippen MR) is 85.9 cm³/mol. The van der Waals surface area contributed by atoms with Crippen LogP contribution in [0.15, 0.2) is 29.3 Å². The molecule has 1 aromatic carbocycles. The Hall–Kier alpha value is -0.200. The Morgan fingerprint density at radius 3 is 2.40 bits per heavy atom. The fraction of sp³-hybridized carbons (Fsp3) is 0.385. The molecule has 1 saturated heterocycles. The fourth-order valence-corrected chi connectivity index (χ4v) is 2.57. The maximum atomic E-state index is 14.1. The highest BCUT2D eigenvalue weighted by molar-refractivity contribution is 9.10. The van der Waals surface area contributed by atoms with Gasteiger partial charge in [0.1, 0.15) is 11.6 Å². The normalized spacial score (nSPS) is 16.8. The molecule has 1 heterocycles. The highest BCUT2D eigenvalue weighted by Crippen LogP contribution is 2.31. The van der Waals surface area contributed by atoms with Crippen LogP contribution < -0.4 is 5.32 Å². The monoisotopic (exact) mass is 388 g/mol. The minimum atomic E-state index is -0.543. The minimum Gasteiger partial charge on any atom is -0.314 e. The van der Waals surface area contributed by atoms with E-state index in [9.17, 15) is 8.78 Å². The molecule has 0 bridgehead atoms. The molecule has 0 aromatic heterocycles. The Morgan fingerprint density at radius 1 is 1.25 bits per heavy atom. The summed E-state index contributed by atoms with van der Waals surface area (Å²) in [6, 6.07) is 2.23. The molecule has 1 N–H and O–H groups in total. The van der Waals surface area contributed by atoms with Crippen molar-refractivity contribution in [3.05, 3.63) is 46.5 Å². The van der Waals surface area contributed by atoms with Crippen LogP contribution in [0.5, 0.6) is 0 Å². The van der Waals surface area contributed by atoms with E-state index < -0.39 is 17.7 Å². The van der Waals surface area contributed by atoms with Crippen molar-refractivity contribution in [3.8, 4) is 0 Å². The van der Waals surface area contributed by atoms with Gasteiger partial charge in [-0.05, 0) is 28.1 Å². The Labute approximate surface area is 138 Å². The Kier molecular flexibility index (Phi) is 8.86. The molecule has 2 nitrogen and oxygen atoms in total. The SMILES string of the molecule is C=C[C@H](c1c(F)ccc(Br)c1F)N1CCNCC1.Cl.Cl. The van der Waals surface area contributed by atoms with Crippen molar-refractivity contribution in [3.63, 3.8) is 0 Å². The zero-order valence-electron chi connectivity index (χ0n) is 10.7. The highest BCUT2D eigenvalue weighted by atomic mass is 79.9. The van der Waals surface area contributed by atoms with E-state index in [1.807, 2.05) is 4.90 Å². The third kappa shape index (κ3) is 4.15. The maximum absolute atomic E-state index is 14.1. The smallest absolute Gasteiger partial charge is 0.145 e. The van der Waals surface area contributed by atoms with Gasteiger partial charge in [-0.3, -0.25) is 4.90 Å². The summed E-state index contributed by atoms with van der Waals surface area (Å²) in [5.41, 5.74) is 0.0706. The van der Waals surface area contributed by atoms with Gasteiger partial charge >= 0.3 is 0 Å². The Morgan fingerprint density at radius 2 is 1.85 bits per heavy atom. The molecule has 114 valence electrons. The number of piperazine rings is 1. The van der Waals surface area contributed by atoms with E-state index in [2.05, 4.69) is 27.8 Å². The zero-order chi connectivity index (χ0) is 13.1. The lowest BCUT2D eigenvalue weighted by atomic mass is 10.0. The summed E-state index contributed by atoms with van der Waals surface area (Å²) in [6.45, 7) is 6.86. The van der Waals surface area contributed by atoms with Crippen LogP contribution in [0.2, 0.25) is 0 Å². The number of nitrogens with one attached hydrogen (secondary N) is 1. The third-order valence-electron chi connectivity index (χ3n) is 3.14. The van der Waals surface area contributed by atoms with Crippen molar-refractivity contribution in [1.82, 2.24) is 10.2 Å². The molecule has 2 rings (SSSR count). The summed E-state index contributed by atoms with van der Waals surface area (Å²) >= 11 is 3.09. The quantitative estimate of drug-likeness (QED) is 0.626. The topological polar surface area (TPSA) is 15.3 Å². The molecule has 1 aliphatic rings. The summed E-state index contributed by atoms with van der Waals surface area (Å²) in [5.74, 6) is -1.07. The lowest BCUT2D eigenvalue weighted by molar-refractivity contribution is 0.197. The molecule has 20 heavy (non-hydrogen) atoms. The van der Waals surface area contributed by atoms with Gasteiger partial charge in [0.15, 0.2) is 0 Å². The summed E-state index contributed by atoms with van der Waals surface area (Å²) in [5, 5.41) is 3.21. The van der Waals surface area contributed by atoms with Gasteiger partial charge in [0.2, 0.25) is 0 Å². The van der Waals surface area contributed by atoms with Crippen LogP contribution in [0.3, 0.4) is 0 Å². The lowest BCUT2D eigenvalue weighted by Gasteiger charge is -2.33. The van der Waals surface area contributed by atoms with Crippen LogP contribution in [-0.4, -0.2) is 31.1 Å². The van der Waals surface area contributed by atoms with Gasteiger partial charge in [0, 0.05) is 31.7 Å². The third-order valence-corrected chi connectivity index (χ3v) is 3.76. The van der Waals surface area contributed by atoms with Gasteiger partial charge in [-0.2, -0.15) is 0 Å². The molecule has 0 aliphatic carbocycles. The first kappa shape index (κ1) is 19.8. The Bertz CT molecular complexity index is 454. The maximum Gasteiger partial charge on any atom is 0.145 e. The van der Waals surface area contributed by atoms with Crippen LogP contribution in [0.1, 0.15) is 11.6 Å². The molecule has 0 amide bonds. The largest absolute Gasteiger partial charge is 0.314 e. The van der Waals surface area contributed by atoms with Crippen LogP contribution in [0.4, 0.5) is 8.78 Å². The van der Waals surface area contributed by atoms with E-state index in [-0.39, 0.29) is 34.9 Å². The number of benzene rings is 1. The Balaban J connectivity index is 0.00000180. The first-order chi connectivity index (χ1) is 8.65. The standard InChI is InChI=1S/C13H15BrF2N2.2ClH/c1-2-11(18-7-5-17-6-8-18)12-10(15)4-3-9(14)13(12)16;;/h2-4,11,17H,1,5-8H2;2*1H/t11-;;/m1../s1. The summed E-state index contributed by atoms with van der Waals surface area (Å²) in [7, 11) is 0. The molecule has 0 saturated carbocycles. The van der Waals surface area contributed by atoms with Crippen molar-refractivity contribution in [1.29, 1.82) is 0 Å². The number of rotatable bonds is 3. The zero-order valence-corrected chi connectivity index (χ0v) is 14.0. The summed E-state index contributed by atoms with van der Waals surface area (Å²) in [6.07, 6.45) is 1.60. The van der Waals surface area contributed by atoms with Crippen LogP contribution in [-0.2, 0) is 0 Å². The van der Waals surface area contributed by atoms with Crippen LogP contribution >= 0.6 is 40.7 Å². The molecule has 0 radical (unpaired) electrons. The van der Waals surface area contributed by atoms with E-state index in [1.165, 1.54) is 12.1 Å². The highest BCUT2D eigenvalue weighted by Gasteiger charge is 2.26. The van der Waals surface area contributed by atoms with Gasteiger partial charge in [0.05, 0.1) is 10.5 Å². The van der Waals surface area contributed by atoms with Gasteiger partial charge < -0.3 is 5.32 Å². The average molecular weight is 390 g/mol. The second-order valence-corrected chi connectivity index (χ2v) is 5.08. The average Bonchev–Trinajstić information content (AvgIpc) is 2.40. The van der Waals surface area contributed by atoms with Crippen molar-refractivity contribution in [2.45, 2.75) is 6.04 Å². The predicted octanol–water partition coefficient (Wildman–Crippen LogP) is 3.70.